The molecule has 0 fully saturated rings. The molecule has 0 heterocycles. The second-order valence-electron chi connectivity index (χ2n) is 3.86. The molecular weight excluding hydrogens is 246 g/mol. The molecule has 0 saturated heterocycles. The third-order valence-corrected chi connectivity index (χ3v) is 2.51. The van der Waals surface area contributed by atoms with Gasteiger partial charge < -0.3 is 10.1 Å². The van der Waals surface area contributed by atoms with Gasteiger partial charge in [0.15, 0.2) is 5.11 Å². The van der Waals surface area contributed by atoms with Gasteiger partial charge in [0, 0.05) is 5.71 Å². The molecule has 0 aromatic heterocycles. The maximum atomic E-state index is 5.22. The minimum absolute atomic E-state index is 0.454. The summed E-state index contributed by atoms with van der Waals surface area (Å²) in [4.78, 5) is 0. The van der Waals surface area contributed by atoms with Gasteiger partial charge in [-0.05, 0) is 37.7 Å². The molecule has 4 nitrogen and oxygen atoms in total. The largest absolute Gasteiger partial charge is 0.495 e. The zero-order chi connectivity index (χ0) is 13.4. The highest BCUT2D eigenvalue weighted by Gasteiger charge is 2.02. The Balaban J connectivity index is 2.57. The van der Waals surface area contributed by atoms with Gasteiger partial charge in [-0.2, -0.15) is 5.10 Å². The Bertz CT molecular complexity index is 432. The number of hydrazone groups is 1. The monoisotopic (exact) mass is 265 g/mol. The Kier molecular flexibility index (Phi) is 6.14. The highest BCUT2D eigenvalue weighted by atomic mass is 32.1. The van der Waals surface area contributed by atoms with Crippen LogP contribution in [0.4, 0.5) is 5.69 Å². The van der Waals surface area contributed by atoms with Crippen LogP contribution >= 0.6 is 12.2 Å². The van der Waals surface area contributed by atoms with Gasteiger partial charge in [0.1, 0.15) is 5.75 Å². The van der Waals surface area contributed by atoms with Gasteiger partial charge in [0.05, 0.1) is 12.8 Å². The van der Waals surface area contributed by atoms with Gasteiger partial charge in [-0.25, -0.2) is 0 Å². The van der Waals surface area contributed by atoms with E-state index in [1.807, 2.05) is 31.2 Å². The smallest absolute Gasteiger partial charge is 0.191 e. The fourth-order valence-corrected chi connectivity index (χ4v) is 1.62. The van der Waals surface area contributed by atoms with Gasteiger partial charge >= 0.3 is 0 Å². The van der Waals surface area contributed by atoms with Crippen LogP contribution in [0.1, 0.15) is 26.7 Å². The maximum Gasteiger partial charge on any atom is 0.191 e. The van der Waals surface area contributed by atoms with Crippen LogP contribution in [0.25, 0.3) is 0 Å². The summed E-state index contributed by atoms with van der Waals surface area (Å²) in [5, 5.41) is 7.69. The lowest BCUT2D eigenvalue weighted by molar-refractivity contribution is 0.417. The molecule has 0 bridgehead atoms. The number of hydrogen-bond acceptors (Lipinski definition) is 3. The molecule has 1 aromatic rings. The minimum atomic E-state index is 0.454. The van der Waals surface area contributed by atoms with Crippen molar-refractivity contribution in [1.29, 1.82) is 0 Å². The molecule has 5 heteroatoms. The first-order chi connectivity index (χ1) is 8.67. The number of para-hydroxylation sites is 2. The van der Waals surface area contributed by atoms with E-state index in [1.165, 1.54) is 0 Å². The summed E-state index contributed by atoms with van der Waals surface area (Å²) in [6.45, 7) is 4.09. The summed E-state index contributed by atoms with van der Waals surface area (Å²) in [5.41, 5.74) is 4.67. The number of benzene rings is 1. The van der Waals surface area contributed by atoms with Crippen molar-refractivity contribution in [2.75, 3.05) is 12.4 Å². The number of nitrogens with one attached hydrogen (secondary N) is 2. The molecule has 0 amide bonds. The maximum absolute atomic E-state index is 5.22. The van der Waals surface area contributed by atoms with E-state index in [1.54, 1.807) is 7.11 Å². The second-order valence-corrected chi connectivity index (χ2v) is 4.27. The van der Waals surface area contributed by atoms with Crippen LogP contribution in [0.2, 0.25) is 0 Å². The first-order valence-electron chi connectivity index (χ1n) is 5.90. The Labute approximate surface area is 113 Å². The second kappa shape index (κ2) is 7.66. The summed E-state index contributed by atoms with van der Waals surface area (Å²) in [5.74, 6) is 0.746. The molecule has 0 unspecified atom stereocenters. The molecule has 0 atom stereocenters. The number of rotatable bonds is 5. The fraction of sp³-hybridized carbons (Fsp3) is 0.385. The lowest BCUT2D eigenvalue weighted by atomic mass is 10.2. The Morgan fingerprint density at radius 1 is 1.39 bits per heavy atom. The van der Waals surface area contributed by atoms with E-state index in [9.17, 15) is 0 Å². The molecule has 0 aliphatic heterocycles. The van der Waals surface area contributed by atoms with E-state index in [2.05, 4.69) is 22.8 Å². The third kappa shape index (κ3) is 4.71. The highest BCUT2D eigenvalue weighted by Crippen LogP contribution is 2.22. The van der Waals surface area contributed by atoms with Crippen LogP contribution in [0, 0.1) is 0 Å². The predicted octanol–water partition coefficient (Wildman–Crippen LogP) is 3.16. The molecule has 2 N–H and O–H groups in total. The molecule has 1 rings (SSSR count). The van der Waals surface area contributed by atoms with E-state index in [0.717, 1.165) is 30.0 Å². The van der Waals surface area contributed by atoms with Crippen molar-refractivity contribution in [2.24, 2.45) is 5.10 Å². The zero-order valence-corrected chi connectivity index (χ0v) is 11.8. The molecule has 0 saturated carbocycles. The fourth-order valence-electron chi connectivity index (χ4n) is 1.46. The first-order valence-corrected chi connectivity index (χ1v) is 6.31. The number of anilines is 1. The molecule has 18 heavy (non-hydrogen) atoms. The number of nitrogens with zero attached hydrogens (tertiary/aromatic N) is 1. The van der Waals surface area contributed by atoms with Gasteiger partial charge in [-0.15, -0.1) is 0 Å². The molecule has 0 spiro atoms. The van der Waals surface area contributed by atoms with Crippen molar-refractivity contribution in [2.45, 2.75) is 26.7 Å². The Morgan fingerprint density at radius 3 is 2.78 bits per heavy atom. The van der Waals surface area contributed by atoms with E-state index in [0.29, 0.717) is 5.11 Å². The zero-order valence-electron chi connectivity index (χ0n) is 11.0. The highest BCUT2D eigenvalue weighted by molar-refractivity contribution is 7.80. The Hall–Kier alpha value is -1.62. The van der Waals surface area contributed by atoms with Crippen molar-refractivity contribution < 1.29 is 4.74 Å². The van der Waals surface area contributed by atoms with Crippen LogP contribution in [-0.4, -0.2) is 17.9 Å². The van der Waals surface area contributed by atoms with E-state index in [-0.39, 0.29) is 0 Å². The van der Waals surface area contributed by atoms with Crippen molar-refractivity contribution in [3.63, 3.8) is 0 Å². The van der Waals surface area contributed by atoms with Crippen LogP contribution in [0.3, 0.4) is 0 Å². The quantitative estimate of drug-likeness (QED) is 0.488. The SMILES string of the molecule is CCC/C(C)=N\NC(=S)Nc1ccccc1OC. The molecule has 1 aromatic carbocycles. The van der Waals surface area contributed by atoms with Crippen molar-refractivity contribution in [3.8, 4) is 5.75 Å². The number of hydrogen-bond donors (Lipinski definition) is 2. The summed E-state index contributed by atoms with van der Waals surface area (Å²) < 4.78 is 5.22. The lowest BCUT2D eigenvalue weighted by Gasteiger charge is -2.11. The van der Waals surface area contributed by atoms with Gasteiger partial charge in [0.2, 0.25) is 0 Å². The van der Waals surface area contributed by atoms with Crippen LogP contribution in [-0.2, 0) is 0 Å². The first kappa shape index (κ1) is 14.4. The van der Waals surface area contributed by atoms with E-state index < -0.39 is 0 Å². The molecule has 0 radical (unpaired) electrons. The van der Waals surface area contributed by atoms with Crippen LogP contribution in [0.5, 0.6) is 5.75 Å². The van der Waals surface area contributed by atoms with Crippen molar-refractivity contribution in [1.82, 2.24) is 5.43 Å². The van der Waals surface area contributed by atoms with Crippen LogP contribution in [0.15, 0.2) is 29.4 Å². The number of thiocarbonyl (C=S) groups is 1. The van der Waals surface area contributed by atoms with Crippen molar-refractivity contribution in [3.05, 3.63) is 24.3 Å². The number of methoxy groups -OCH3 is 1. The van der Waals surface area contributed by atoms with E-state index in [4.69, 9.17) is 17.0 Å². The topological polar surface area (TPSA) is 45.7 Å². The molecule has 98 valence electrons. The Morgan fingerprint density at radius 2 is 2.11 bits per heavy atom. The molecule has 0 aliphatic rings. The van der Waals surface area contributed by atoms with Crippen LogP contribution < -0.4 is 15.5 Å². The molecular formula is C13H19N3OS. The third-order valence-electron chi connectivity index (χ3n) is 2.32. The average molecular weight is 265 g/mol. The van der Waals surface area contributed by atoms with Gasteiger partial charge in [0.25, 0.3) is 0 Å². The minimum Gasteiger partial charge on any atom is -0.495 e. The average Bonchev–Trinajstić information content (AvgIpc) is 2.37. The standard InChI is InChI=1S/C13H19N3OS/c1-4-7-10(2)15-16-13(18)14-11-8-5-6-9-12(11)17-3/h5-6,8-9H,4,7H2,1-3H3,(H2,14,16,18)/b15-10-. The van der Waals surface area contributed by atoms with Gasteiger partial charge in [-0.1, -0.05) is 25.5 Å². The summed E-state index contributed by atoms with van der Waals surface area (Å²) in [7, 11) is 1.63. The van der Waals surface area contributed by atoms with Crippen molar-refractivity contribution >= 4 is 28.7 Å². The van der Waals surface area contributed by atoms with E-state index >= 15 is 0 Å². The lowest BCUT2D eigenvalue weighted by Crippen LogP contribution is -2.25. The number of ether oxygens (including phenoxy) is 1. The summed E-state index contributed by atoms with van der Waals surface area (Å²) in [6.07, 6.45) is 2.04. The predicted molar refractivity (Wildman–Crippen MR) is 80.4 cm³/mol. The summed E-state index contributed by atoms with van der Waals surface area (Å²) in [6, 6.07) is 7.59. The summed E-state index contributed by atoms with van der Waals surface area (Å²) >= 11 is 5.16. The molecule has 0 aliphatic carbocycles. The van der Waals surface area contributed by atoms with Gasteiger partial charge in [-0.3, -0.25) is 5.43 Å². The normalized spacial score (nSPS) is 10.9.